The molecule has 1 aliphatic rings. The highest BCUT2D eigenvalue weighted by molar-refractivity contribution is 8.18. The van der Waals surface area contributed by atoms with Gasteiger partial charge in [0, 0.05) is 5.56 Å². The van der Waals surface area contributed by atoms with Crippen molar-refractivity contribution in [2.45, 2.75) is 11.1 Å². The van der Waals surface area contributed by atoms with Crippen LogP contribution in [0.4, 0.5) is 19.9 Å². The van der Waals surface area contributed by atoms with Gasteiger partial charge < -0.3 is 9.47 Å². The van der Waals surface area contributed by atoms with Crippen molar-refractivity contribution in [1.82, 2.24) is 0 Å². The maximum atomic E-state index is 13.9. The molecule has 4 rings (SSSR count). The van der Waals surface area contributed by atoms with Crippen LogP contribution in [0, 0.1) is 15.9 Å². The molecular formula is C26H21FN4O7S3. The molecule has 0 bridgehead atoms. The molecule has 15 heteroatoms. The Labute approximate surface area is 245 Å². The number of benzene rings is 2. The molecule has 1 aliphatic heterocycles. The molecule has 0 spiro atoms. The quantitative estimate of drug-likeness (QED) is 0.142. The summed E-state index contributed by atoms with van der Waals surface area (Å²) in [6.45, 7) is 1.60. The summed E-state index contributed by atoms with van der Waals surface area (Å²) in [6, 6.07) is 14.0. The van der Waals surface area contributed by atoms with Crippen LogP contribution in [0.15, 0.2) is 73.7 Å². The summed E-state index contributed by atoms with van der Waals surface area (Å²) >= 11 is 2.74. The molecule has 1 N–H and O–H groups in total. The Morgan fingerprint density at radius 3 is 2.41 bits per heavy atom. The highest BCUT2D eigenvalue weighted by atomic mass is 32.2. The Hall–Kier alpha value is -4.21. The maximum Gasteiger partial charge on any atom is 0.412 e. The van der Waals surface area contributed by atoms with Crippen LogP contribution >= 0.6 is 34.9 Å². The number of hydrazone groups is 1. The van der Waals surface area contributed by atoms with Gasteiger partial charge in [-0.25, -0.2) is 19.0 Å². The standard InChI is InChI=1S/C26H21FN4O7S3/c1-4-38-26(34)28-22-18(24(33)37-2)20(32)17(25(39-3)41-22)19(31(35)36)23-30(16-12-10-15(27)11-13-16)29-21(40-23)14-8-6-5-7-9-14/h5-13H,4H2,1-3H3,(H,28,34)/b23-19-. The summed E-state index contributed by atoms with van der Waals surface area (Å²) < 4.78 is 23.5. The molecule has 11 nitrogen and oxygen atoms in total. The van der Waals surface area contributed by atoms with Crippen molar-refractivity contribution in [3.05, 3.63) is 102 Å². The van der Waals surface area contributed by atoms with Crippen LogP contribution in [-0.2, 0) is 9.47 Å². The number of nitrogens with zero attached hydrogens (tertiary/aromatic N) is 3. The number of anilines is 2. The van der Waals surface area contributed by atoms with Gasteiger partial charge in [-0.2, -0.15) is 5.10 Å². The van der Waals surface area contributed by atoms with Gasteiger partial charge in [-0.3, -0.25) is 20.2 Å². The fourth-order valence-corrected chi connectivity index (χ4v) is 6.60. The number of nitro groups is 1. The van der Waals surface area contributed by atoms with Gasteiger partial charge in [0.05, 0.1) is 28.5 Å². The molecule has 0 unspecified atom stereocenters. The summed E-state index contributed by atoms with van der Waals surface area (Å²) in [5.74, 6) is -1.62. The number of nitrogens with one attached hydrogen (secondary N) is 1. The molecule has 3 aromatic rings. The highest BCUT2D eigenvalue weighted by Crippen LogP contribution is 2.44. The van der Waals surface area contributed by atoms with E-state index >= 15 is 0 Å². The summed E-state index contributed by atoms with van der Waals surface area (Å²) in [7, 11) is 1.04. The monoisotopic (exact) mass is 616 g/mol. The molecule has 0 atom stereocenters. The lowest BCUT2D eigenvalue weighted by Gasteiger charge is -2.17. The lowest BCUT2D eigenvalue weighted by Crippen LogP contribution is -2.26. The van der Waals surface area contributed by atoms with Crippen molar-refractivity contribution in [3.8, 4) is 0 Å². The number of thioether (sulfide) groups is 2. The van der Waals surface area contributed by atoms with E-state index in [1.807, 2.05) is 0 Å². The second-order valence-corrected chi connectivity index (χ2v) is 11.0. The molecule has 0 fully saturated rings. The first-order chi connectivity index (χ1) is 19.7. The largest absolute Gasteiger partial charge is 0.465 e. The van der Waals surface area contributed by atoms with Crippen LogP contribution in [0.5, 0.6) is 0 Å². The lowest BCUT2D eigenvalue weighted by atomic mass is 10.1. The van der Waals surface area contributed by atoms with Crippen molar-refractivity contribution in [3.63, 3.8) is 0 Å². The van der Waals surface area contributed by atoms with E-state index in [9.17, 15) is 28.9 Å². The minimum atomic E-state index is -1.10. The van der Waals surface area contributed by atoms with Gasteiger partial charge in [-0.1, -0.05) is 30.3 Å². The van der Waals surface area contributed by atoms with E-state index in [2.05, 4.69) is 10.4 Å². The number of ether oxygens (including phenoxy) is 2. The van der Waals surface area contributed by atoms with Crippen LogP contribution in [0.3, 0.4) is 0 Å². The number of hydrogen-bond acceptors (Lipinski definition) is 12. The third-order valence-corrected chi connectivity index (χ3v) is 8.73. The van der Waals surface area contributed by atoms with Gasteiger partial charge in [0.1, 0.15) is 27.0 Å². The summed E-state index contributed by atoms with van der Waals surface area (Å²) in [6.07, 6.45) is 0.671. The van der Waals surface area contributed by atoms with Gasteiger partial charge >= 0.3 is 17.8 Å². The topological polar surface area (TPSA) is 140 Å². The van der Waals surface area contributed by atoms with E-state index in [1.165, 1.54) is 29.3 Å². The lowest BCUT2D eigenvalue weighted by molar-refractivity contribution is -0.376. The minimum Gasteiger partial charge on any atom is -0.465 e. The second kappa shape index (κ2) is 13.0. The van der Waals surface area contributed by atoms with E-state index in [1.54, 1.807) is 43.5 Å². The maximum absolute atomic E-state index is 13.9. The first kappa shape index (κ1) is 29.8. The average molecular weight is 617 g/mol. The predicted octanol–water partition coefficient (Wildman–Crippen LogP) is 5.84. The van der Waals surface area contributed by atoms with Crippen LogP contribution in [0.2, 0.25) is 0 Å². The number of esters is 1. The third-order valence-electron chi connectivity index (χ3n) is 5.44. The van der Waals surface area contributed by atoms with E-state index in [0.29, 0.717) is 16.3 Å². The molecule has 0 aliphatic carbocycles. The van der Waals surface area contributed by atoms with Crippen molar-refractivity contribution in [1.29, 1.82) is 0 Å². The normalized spacial score (nSPS) is 13.9. The zero-order chi connectivity index (χ0) is 29.7. The van der Waals surface area contributed by atoms with Crippen molar-refractivity contribution in [2.75, 3.05) is 30.3 Å². The fourth-order valence-electron chi connectivity index (χ4n) is 3.67. The van der Waals surface area contributed by atoms with Gasteiger partial charge in [0.2, 0.25) is 5.43 Å². The molecular weight excluding hydrogens is 596 g/mol. The molecule has 2 aromatic carbocycles. The van der Waals surface area contributed by atoms with Crippen LogP contribution in [0.1, 0.15) is 28.4 Å². The number of carbonyl (C=O) groups is 2. The molecule has 0 saturated heterocycles. The van der Waals surface area contributed by atoms with Crippen LogP contribution in [0.25, 0.3) is 5.70 Å². The van der Waals surface area contributed by atoms with E-state index in [-0.39, 0.29) is 26.4 Å². The predicted molar refractivity (Wildman–Crippen MR) is 158 cm³/mol. The molecule has 0 saturated carbocycles. The van der Waals surface area contributed by atoms with Gasteiger partial charge in [-0.15, -0.1) is 23.1 Å². The summed E-state index contributed by atoms with van der Waals surface area (Å²) in [5, 5.41) is 21.1. The smallest absolute Gasteiger partial charge is 0.412 e. The number of carbonyl (C=O) groups excluding carboxylic acids is 2. The SMILES string of the molecule is CCOC(=O)Nc1sc(SC)c(/C(=C2/SC(c3ccccc3)=NN2c2ccc(F)cc2)[N+](=O)[O-])c(=O)c1C(=O)OC. The number of hydrogen-bond donors (Lipinski definition) is 1. The van der Waals surface area contributed by atoms with Crippen molar-refractivity contribution >= 4 is 68.4 Å². The van der Waals surface area contributed by atoms with E-state index < -0.39 is 39.5 Å². The zero-order valence-corrected chi connectivity index (χ0v) is 24.2. The fraction of sp³-hybridized carbons (Fsp3) is 0.154. The Morgan fingerprint density at radius 1 is 1.15 bits per heavy atom. The van der Waals surface area contributed by atoms with Crippen molar-refractivity contribution < 1.29 is 28.4 Å². The average Bonchev–Trinajstić information content (AvgIpc) is 3.39. The Bertz CT molecular complexity index is 1630. The number of rotatable bonds is 8. The van der Waals surface area contributed by atoms with E-state index in [0.717, 1.165) is 42.0 Å². The molecule has 1 aromatic heterocycles. The van der Waals surface area contributed by atoms with Gasteiger partial charge in [0.25, 0.3) is 0 Å². The van der Waals surface area contributed by atoms with Crippen molar-refractivity contribution in [2.24, 2.45) is 5.10 Å². The minimum absolute atomic E-state index is 0.0273. The zero-order valence-electron chi connectivity index (χ0n) is 21.7. The van der Waals surface area contributed by atoms with E-state index in [4.69, 9.17) is 9.47 Å². The first-order valence-corrected chi connectivity index (χ1v) is 14.6. The Kier molecular flexibility index (Phi) is 9.42. The number of amides is 1. The Morgan fingerprint density at radius 2 is 1.83 bits per heavy atom. The second-order valence-electron chi connectivity index (χ2n) is 7.91. The Balaban J connectivity index is 2.01. The number of halogens is 1. The van der Waals surface area contributed by atoms with Crippen LogP contribution in [-0.4, -0.2) is 42.0 Å². The van der Waals surface area contributed by atoms with Gasteiger partial charge in [0.15, 0.2) is 5.03 Å². The number of methoxy groups -OCH3 is 1. The molecule has 0 radical (unpaired) electrons. The third kappa shape index (κ3) is 6.26. The van der Waals surface area contributed by atoms with Gasteiger partial charge in [-0.05, 0) is 49.2 Å². The summed E-state index contributed by atoms with van der Waals surface area (Å²) in [5.41, 5.74) is -1.69. The molecule has 41 heavy (non-hydrogen) atoms. The van der Waals surface area contributed by atoms with Crippen LogP contribution < -0.4 is 15.8 Å². The highest BCUT2D eigenvalue weighted by Gasteiger charge is 2.39. The molecule has 1 amide bonds. The molecule has 2 heterocycles. The molecule has 212 valence electrons. The summed E-state index contributed by atoms with van der Waals surface area (Å²) in [4.78, 5) is 50.8. The first-order valence-electron chi connectivity index (χ1n) is 11.7.